The molecule has 1 saturated heterocycles. The number of carboxylic acids is 1. The van der Waals surface area contributed by atoms with Crippen LogP contribution in [0, 0.1) is 0 Å². The lowest BCUT2D eigenvalue weighted by molar-refractivity contribution is -0.122. The van der Waals surface area contributed by atoms with Crippen LogP contribution >= 0.6 is 11.6 Å². The van der Waals surface area contributed by atoms with Crippen LogP contribution in [0.5, 0.6) is 0 Å². The molecule has 2 aromatic carbocycles. The zero-order valence-electron chi connectivity index (χ0n) is 14.2. The molecule has 0 spiro atoms. The molecule has 26 heavy (non-hydrogen) atoms. The van der Waals surface area contributed by atoms with E-state index < -0.39 is 5.97 Å². The first-order valence-electron chi connectivity index (χ1n) is 8.52. The van der Waals surface area contributed by atoms with E-state index in [2.05, 4.69) is 5.32 Å². The maximum absolute atomic E-state index is 12.3. The molecule has 2 atom stereocenters. The second kappa shape index (κ2) is 8.34. The standard InChI is InChI=1S/C20H20ClNO4/c21-15-8-5-14(6-9-15)19-17(11-12-26-19)22-18(23)10-7-13-3-1-2-4-16(13)20(24)25/h1-6,8-9,17,19H,7,10-12H2,(H,22,23)(H,24,25). The van der Waals surface area contributed by atoms with E-state index in [-0.39, 0.29) is 30.0 Å². The van der Waals surface area contributed by atoms with E-state index in [1.54, 1.807) is 36.4 Å². The molecule has 2 aromatic rings. The number of hydrogen-bond acceptors (Lipinski definition) is 3. The normalized spacial score (nSPS) is 19.3. The van der Waals surface area contributed by atoms with Gasteiger partial charge in [0.2, 0.25) is 5.91 Å². The lowest BCUT2D eigenvalue weighted by atomic mass is 10.0. The molecule has 0 aromatic heterocycles. The molecule has 2 N–H and O–H groups in total. The van der Waals surface area contributed by atoms with Gasteiger partial charge >= 0.3 is 5.97 Å². The zero-order chi connectivity index (χ0) is 18.5. The van der Waals surface area contributed by atoms with Crippen molar-refractivity contribution in [1.82, 2.24) is 5.32 Å². The van der Waals surface area contributed by atoms with Gasteiger partial charge in [0.15, 0.2) is 0 Å². The first-order chi connectivity index (χ1) is 12.5. The third-order valence-corrected chi connectivity index (χ3v) is 4.76. The van der Waals surface area contributed by atoms with Crippen molar-refractivity contribution in [3.8, 4) is 0 Å². The van der Waals surface area contributed by atoms with Crippen molar-refractivity contribution in [2.75, 3.05) is 6.61 Å². The predicted molar refractivity (Wildman–Crippen MR) is 98.4 cm³/mol. The highest BCUT2D eigenvalue weighted by molar-refractivity contribution is 6.30. The average molecular weight is 374 g/mol. The minimum atomic E-state index is -0.979. The molecule has 6 heteroatoms. The minimum absolute atomic E-state index is 0.0987. The summed E-state index contributed by atoms with van der Waals surface area (Å²) in [5.41, 5.74) is 1.88. The highest BCUT2D eigenvalue weighted by Gasteiger charge is 2.30. The Balaban J connectivity index is 1.59. The number of carbonyl (C=O) groups is 2. The molecular weight excluding hydrogens is 354 g/mol. The summed E-state index contributed by atoms with van der Waals surface area (Å²) in [5.74, 6) is -1.09. The van der Waals surface area contributed by atoms with E-state index in [1.807, 2.05) is 12.1 Å². The molecule has 1 fully saturated rings. The molecule has 3 rings (SSSR count). The van der Waals surface area contributed by atoms with Gasteiger partial charge in [-0.2, -0.15) is 0 Å². The maximum Gasteiger partial charge on any atom is 0.335 e. The molecule has 0 aliphatic carbocycles. The number of rotatable bonds is 6. The minimum Gasteiger partial charge on any atom is -0.478 e. The van der Waals surface area contributed by atoms with Gasteiger partial charge in [0.25, 0.3) is 0 Å². The molecule has 2 unspecified atom stereocenters. The average Bonchev–Trinajstić information content (AvgIpc) is 3.09. The van der Waals surface area contributed by atoms with E-state index in [0.717, 1.165) is 12.0 Å². The van der Waals surface area contributed by atoms with Gasteiger partial charge in [0.05, 0.1) is 11.6 Å². The van der Waals surface area contributed by atoms with Gasteiger partial charge in [-0.25, -0.2) is 4.79 Å². The summed E-state index contributed by atoms with van der Waals surface area (Å²) in [6, 6.07) is 14.1. The Kier molecular flexibility index (Phi) is 5.91. The smallest absolute Gasteiger partial charge is 0.335 e. The summed E-state index contributed by atoms with van der Waals surface area (Å²) < 4.78 is 5.77. The third kappa shape index (κ3) is 4.42. The van der Waals surface area contributed by atoms with Crippen molar-refractivity contribution in [1.29, 1.82) is 0 Å². The van der Waals surface area contributed by atoms with Gasteiger partial charge in [0, 0.05) is 18.1 Å². The highest BCUT2D eigenvalue weighted by atomic mass is 35.5. The molecule has 1 aliphatic rings. The third-order valence-electron chi connectivity index (χ3n) is 4.51. The number of carbonyl (C=O) groups excluding carboxylic acids is 1. The maximum atomic E-state index is 12.3. The van der Waals surface area contributed by atoms with Gasteiger partial charge in [-0.15, -0.1) is 0 Å². The van der Waals surface area contributed by atoms with Crippen LogP contribution in [0.2, 0.25) is 5.02 Å². The van der Waals surface area contributed by atoms with Crippen LogP contribution in [0.15, 0.2) is 48.5 Å². The highest BCUT2D eigenvalue weighted by Crippen LogP contribution is 2.30. The van der Waals surface area contributed by atoms with Crippen LogP contribution in [0.1, 0.15) is 40.4 Å². The lowest BCUT2D eigenvalue weighted by Gasteiger charge is -2.20. The Labute approximate surface area is 156 Å². The Bertz CT molecular complexity index is 791. The number of ether oxygens (including phenoxy) is 1. The molecular formula is C20H20ClNO4. The summed E-state index contributed by atoms with van der Waals surface area (Å²) in [5, 5.41) is 12.9. The molecule has 0 saturated carbocycles. The molecule has 5 nitrogen and oxygen atoms in total. The van der Waals surface area contributed by atoms with Crippen LogP contribution < -0.4 is 5.32 Å². The second-order valence-corrected chi connectivity index (χ2v) is 6.70. The fraction of sp³-hybridized carbons (Fsp3) is 0.300. The van der Waals surface area contributed by atoms with Crippen LogP contribution in [0.25, 0.3) is 0 Å². The first kappa shape index (κ1) is 18.4. The Hall–Kier alpha value is -2.37. The van der Waals surface area contributed by atoms with E-state index in [4.69, 9.17) is 16.3 Å². The van der Waals surface area contributed by atoms with Crippen molar-refractivity contribution in [2.45, 2.75) is 31.4 Å². The van der Waals surface area contributed by atoms with Crippen LogP contribution in [-0.4, -0.2) is 29.6 Å². The number of benzene rings is 2. The van der Waals surface area contributed by atoms with Crippen molar-refractivity contribution in [3.05, 3.63) is 70.2 Å². The summed E-state index contributed by atoms with van der Waals surface area (Å²) in [7, 11) is 0. The lowest BCUT2D eigenvalue weighted by Crippen LogP contribution is -2.37. The SMILES string of the molecule is O=C(CCc1ccccc1C(=O)O)NC1CCOC1c1ccc(Cl)cc1. The van der Waals surface area contributed by atoms with Gasteiger partial charge in [-0.3, -0.25) is 4.79 Å². The summed E-state index contributed by atoms with van der Waals surface area (Å²) in [4.78, 5) is 23.6. The fourth-order valence-corrected chi connectivity index (χ4v) is 3.32. The Morgan fingerprint density at radius 2 is 1.88 bits per heavy atom. The van der Waals surface area contributed by atoms with Crippen LogP contribution in [0.4, 0.5) is 0 Å². The monoisotopic (exact) mass is 373 g/mol. The van der Waals surface area contributed by atoms with Gasteiger partial charge in [0.1, 0.15) is 6.10 Å². The van der Waals surface area contributed by atoms with E-state index in [0.29, 0.717) is 23.6 Å². The molecule has 1 amide bonds. The van der Waals surface area contributed by atoms with E-state index >= 15 is 0 Å². The number of hydrogen-bond donors (Lipinski definition) is 2. The van der Waals surface area contributed by atoms with Crippen LogP contribution in [0.3, 0.4) is 0 Å². The van der Waals surface area contributed by atoms with Gasteiger partial charge in [-0.05, 0) is 42.2 Å². The quantitative estimate of drug-likeness (QED) is 0.810. The van der Waals surface area contributed by atoms with Gasteiger partial charge < -0.3 is 15.2 Å². The molecule has 136 valence electrons. The second-order valence-electron chi connectivity index (χ2n) is 6.27. The number of halogens is 1. The van der Waals surface area contributed by atoms with E-state index in [1.165, 1.54) is 0 Å². The predicted octanol–water partition coefficient (Wildman–Crippen LogP) is 3.62. The number of aryl methyl sites for hydroxylation is 1. The van der Waals surface area contributed by atoms with Crippen molar-refractivity contribution in [3.63, 3.8) is 0 Å². The molecule has 1 aliphatic heterocycles. The van der Waals surface area contributed by atoms with Crippen molar-refractivity contribution in [2.24, 2.45) is 0 Å². The first-order valence-corrected chi connectivity index (χ1v) is 8.90. The number of nitrogens with one attached hydrogen (secondary N) is 1. The summed E-state index contributed by atoms with van der Waals surface area (Å²) in [6.07, 6.45) is 1.16. The molecule has 1 heterocycles. The topological polar surface area (TPSA) is 75.6 Å². The summed E-state index contributed by atoms with van der Waals surface area (Å²) in [6.45, 7) is 0.583. The Morgan fingerprint density at radius 1 is 1.15 bits per heavy atom. The van der Waals surface area contributed by atoms with Crippen LogP contribution in [-0.2, 0) is 16.0 Å². The molecule has 0 bridgehead atoms. The largest absolute Gasteiger partial charge is 0.478 e. The van der Waals surface area contributed by atoms with Gasteiger partial charge in [-0.1, -0.05) is 41.9 Å². The zero-order valence-corrected chi connectivity index (χ0v) is 14.9. The number of aromatic carboxylic acids is 1. The van der Waals surface area contributed by atoms with Crippen molar-refractivity contribution >= 4 is 23.5 Å². The summed E-state index contributed by atoms with van der Waals surface area (Å²) >= 11 is 5.92. The number of carboxylic acid groups (broad SMARTS) is 1. The fourth-order valence-electron chi connectivity index (χ4n) is 3.19. The number of amides is 1. The van der Waals surface area contributed by atoms with E-state index in [9.17, 15) is 14.7 Å². The van der Waals surface area contributed by atoms with Crippen molar-refractivity contribution < 1.29 is 19.4 Å². The molecule has 0 radical (unpaired) electrons. The Morgan fingerprint density at radius 3 is 2.62 bits per heavy atom.